The van der Waals surface area contributed by atoms with Crippen molar-refractivity contribution < 1.29 is 27.6 Å². The summed E-state index contributed by atoms with van der Waals surface area (Å²) >= 11 is 0. The molecule has 0 bridgehead atoms. The highest BCUT2D eigenvalue weighted by atomic mass is 32.2. The van der Waals surface area contributed by atoms with Gasteiger partial charge in [-0.1, -0.05) is 12.1 Å². The van der Waals surface area contributed by atoms with Crippen LogP contribution in [0.4, 0.5) is 0 Å². The molecule has 0 saturated carbocycles. The summed E-state index contributed by atoms with van der Waals surface area (Å²) in [6.45, 7) is 5.46. The van der Waals surface area contributed by atoms with Crippen molar-refractivity contribution in [3.05, 3.63) is 11.5 Å². The first kappa shape index (κ1) is 20.4. The van der Waals surface area contributed by atoms with E-state index in [1.807, 2.05) is 6.92 Å². The average Bonchev–Trinajstić information content (AvgIpc) is 2.93. The Balaban J connectivity index is 2.06. The summed E-state index contributed by atoms with van der Waals surface area (Å²) in [6, 6.07) is 0. The standard InChI is InChI=1S/C16H25N3O6S/c1-4-7-18(10-14(20)21)16(22)13-5-8-19(9-6-13)26(23,24)15-11(2)17-25-12(15)3/h13H,4-10H2,1-3H3,(H,20,21). The minimum absolute atomic E-state index is 0.0840. The van der Waals surface area contributed by atoms with Crippen molar-refractivity contribution in [3.63, 3.8) is 0 Å². The van der Waals surface area contributed by atoms with Crippen molar-refractivity contribution in [1.29, 1.82) is 0 Å². The number of piperidine rings is 1. The number of carboxylic acid groups (broad SMARTS) is 1. The SMILES string of the molecule is CCCN(CC(=O)O)C(=O)C1CCN(S(=O)(=O)c2c(C)noc2C)CC1. The number of carboxylic acids is 1. The van der Waals surface area contributed by atoms with Crippen molar-refractivity contribution in [2.45, 2.75) is 44.9 Å². The van der Waals surface area contributed by atoms with E-state index in [9.17, 15) is 18.0 Å². The van der Waals surface area contributed by atoms with Gasteiger partial charge in [-0.05, 0) is 33.1 Å². The quantitative estimate of drug-likeness (QED) is 0.741. The van der Waals surface area contributed by atoms with Gasteiger partial charge in [0.05, 0.1) is 0 Å². The number of carbonyl (C=O) groups excluding carboxylic acids is 1. The van der Waals surface area contributed by atoms with Crippen LogP contribution in [0.5, 0.6) is 0 Å². The summed E-state index contributed by atoms with van der Waals surface area (Å²) in [5, 5.41) is 12.7. The van der Waals surface area contributed by atoms with Gasteiger partial charge in [0.25, 0.3) is 0 Å². The fourth-order valence-electron chi connectivity index (χ4n) is 3.27. The van der Waals surface area contributed by atoms with Crippen molar-refractivity contribution in [3.8, 4) is 0 Å². The Labute approximate surface area is 153 Å². The van der Waals surface area contributed by atoms with Gasteiger partial charge in [0.15, 0.2) is 5.76 Å². The van der Waals surface area contributed by atoms with Gasteiger partial charge in [0, 0.05) is 25.6 Å². The molecular formula is C16H25N3O6S. The van der Waals surface area contributed by atoms with Crippen LogP contribution in [0.3, 0.4) is 0 Å². The van der Waals surface area contributed by atoms with Crippen molar-refractivity contribution >= 4 is 21.9 Å². The molecule has 1 N–H and O–H groups in total. The van der Waals surface area contributed by atoms with Gasteiger partial charge >= 0.3 is 5.97 Å². The molecule has 1 aliphatic heterocycles. The van der Waals surface area contributed by atoms with Gasteiger partial charge in [-0.2, -0.15) is 4.31 Å². The molecule has 0 spiro atoms. The van der Waals surface area contributed by atoms with Gasteiger partial charge in [-0.3, -0.25) is 9.59 Å². The van der Waals surface area contributed by atoms with Gasteiger partial charge in [-0.25, -0.2) is 8.42 Å². The van der Waals surface area contributed by atoms with Crippen LogP contribution >= 0.6 is 0 Å². The summed E-state index contributed by atoms with van der Waals surface area (Å²) in [4.78, 5) is 25.0. The molecule has 0 atom stereocenters. The van der Waals surface area contributed by atoms with Crippen LogP contribution in [-0.4, -0.2) is 65.9 Å². The summed E-state index contributed by atoms with van der Waals surface area (Å²) in [5.41, 5.74) is 0.316. The Morgan fingerprint density at radius 1 is 1.31 bits per heavy atom. The smallest absolute Gasteiger partial charge is 0.323 e. The van der Waals surface area contributed by atoms with E-state index < -0.39 is 16.0 Å². The Morgan fingerprint density at radius 3 is 2.38 bits per heavy atom. The first-order chi connectivity index (χ1) is 12.2. The van der Waals surface area contributed by atoms with Gasteiger partial charge < -0.3 is 14.5 Å². The predicted octanol–water partition coefficient (Wildman–Crippen LogP) is 1.02. The molecule has 10 heteroatoms. The van der Waals surface area contributed by atoms with Gasteiger partial charge in [-0.15, -0.1) is 0 Å². The number of amides is 1. The zero-order chi connectivity index (χ0) is 19.5. The second kappa shape index (κ2) is 8.17. The van der Waals surface area contributed by atoms with E-state index in [0.717, 1.165) is 0 Å². The summed E-state index contributed by atoms with van der Waals surface area (Å²) in [5.74, 6) is -1.39. The van der Waals surface area contributed by atoms with Crippen LogP contribution in [0.15, 0.2) is 9.42 Å². The lowest BCUT2D eigenvalue weighted by atomic mass is 9.96. The summed E-state index contributed by atoms with van der Waals surface area (Å²) < 4.78 is 31.9. The van der Waals surface area contributed by atoms with Crippen LogP contribution in [0.2, 0.25) is 0 Å². The molecule has 2 heterocycles. The molecule has 0 aromatic carbocycles. The molecule has 0 radical (unpaired) electrons. The maximum absolute atomic E-state index is 12.8. The van der Waals surface area contributed by atoms with Gasteiger partial charge in [0.2, 0.25) is 15.9 Å². The molecule has 146 valence electrons. The number of rotatable bonds is 7. The number of nitrogens with zero attached hydrogens (tertiary/aromatic N) is 3. The molecule has 0 aliphatic carbocycles. The average molecular weight is 387 g/mol. The maximum atomic E-state index is 12.8. The minimum Gasteiger partial charge on any atom is -0.480 e. The molecule has 2 rings (SSSR count). The second-order valence-electron chi connectivity index (χ2n) is 6.49. The predicted molar refractivity (Wildman–Crippen MR) is 92.0 cm³/mol. The molecule has 1 fully saturated rings. The van der Waals surface area contributed by atoms with E-state index in [2.05, 4.69) is 5.16 Å². The Hall–Kier alpha value is -1.94. The van der Waals surface area contributed by atoms with E-state index in [-0.39, 0.29) is 42.1 Å². The van der Waals surface area contributed by atoms with Crippen LogP contribution in [0, 0.1) is 19.8 Å². The summed E-state index contributed by atoms with van der Waals surface area (Å²) in [6.07, 6.45) is 1.39. The zero-order valence-corrected chi connectivity index (χ0v) is 16.1. The van der Waals surface area contributed by atoms with Crippen LogP contribution in [0.1, 0.15) is 37.6 Å². The van der Waals surface area contributed by atoms with E-state index in [4.69, 9.17) is 9.63 Å². The van der Waals surface area contributed by atoms with E-state index >= 15 is 0 Å². The number of sulfonamides is 1. The van der Waals surface area contributed by atoms with E-state index in [1.165, 1.54) is 9.21 Å². The number of hydrogen-bond acceptors (Lipinski definition) is 6. The third kappa shape index (κ3) is 4.24. The number of aryl methyl sites for hydroxylation is 2. The van der Waals surface area contributed by atoms with E-state index in [0.29, 0.717) is 31.5 Å². The first-order valence-corrected chi connectivity index (χ1v) is 10.1. The Bertz CT molecular complexity index is 745. The first-order valence-electron chi connectivity index (χ1n) is 8.62. The van der Waals surface area contributed by atoms with Gasteiger partial charge in [0.1, 0.15) is 17.1 Å². The topological polar surface area (TPSA) is 121 Å². The number of aromatic nitrogens is 1. The molecular weight excluding hydrogens is 362 g/mol. The van der Waals surface area contributed by atoms with Crippen LogP contribution < -0.4 is 0 Å². The van der Waals surface area contributed by atoms with Crippen LogP contribution in [0.25, 0.3) is 0 Å². The molecule has 1 aliphatic rings. The Kier molecular flexibility index (Phi) is 6.40. The zero-order valence-electron chi connectivity index (χ0n) is 15.3. The monoisotopic (exact) mass is 387 g/mol. The lowest BCUT2D eigenvalue weighted by Gasteiger charge is -2.33. The molecule has 9 nitrogen and oxygen atoms in total. The fraction of sp³-hybridized carbons (Fsp3) is 0.688. The van der Waals surface area contributed by atoms with Crippen molar-refractivity contribution in [2.75, 3.05) is 26.2 Å². The maximum Gasteiger partial charge on any atom is 0.323 e. The molecule has 0 unspecified atom stereocenters. The lowest BCUT2D eigenvalue weighted by Crippen LogP contribution is -2.46. The van der Waals surface area contributed by atoms with Crippen LogP contribution in [-0.2, 0) is 19.6 Å². The number of aliphatic carboxylic acids is 1. The fourth-order valence-corrected chi connectivity index (χ4v) is 5.03. The minimum atomic E-state index is -3.72. The molecule has 26 heavy (non-hydrogen) atoms. The highest BCUT2D eigenvalue weighted by molar-refractivity contribution is 7.89. The molecule has 1 saturated heterocycles. The normalized spacial score (nSPS) is 16.6. The molecule has 1 amide bonds. The second-order valence-corrected chi connectivity index (χ2v) is 8.36. The number of hydrogen-bond donors (Lipinski definition) is 1. The largest absolute Gasteiger partial charge is 0.480 e. The third-order valence-electron chi connectivity index (χ3n) is 4.50. The van der Waals surface area contributed by atoms with Crippen molar-refractivity contribution in [2.24, 2.45) is 5.92 Å². The highest BCUT2D eigenvalue weighted by Gasteiger charge is 2.36. The highest BCUT2D eigenvalue weighted by Crippen LogP contribution is 2.28. The van der Waals surface area contributed by atoms with E-state index in [1.54, 1.807) is 13.8 Å². The third-order valence-corrected chi connectivity index (χ3v) is 6.64. The Morgan fingerprint density at radius 2 is 1.92 bits per heavy atom. The number of carbonyl (C=O) groups is 2. The summed E-state index contributed by atoms with van der Waals surface area (Å²) in [7, 11) is -3.72. The van der Waals surface area contributed by atoms with Crippen molar-refractivity contribution in [1.82, 2.24) is 14.4 Å². The lowest BCUT2D eigenvalue weighted by molar-refractivity contribution is -0.146. The molecule has 1 aromatic rings. The molecule has 1 aromatic heterocycles.